The Labute approximate surface area is 161 Å². The fourth-order valence-corrected chi connectivity index (χ4v) is 3.06. The Bertz CT molecular complexity index is 640. The molecule has 1 aromatic carbocycles. The lowest BCUT2D eigenvalue weighted by Crippen LogP contribution is -2.42. The van der Waals surface area contributed by atoms with Crippen molar-refractivity contribution in [2.75, 3.05) is 26.3 Å². The molecule has 0 spiro atoms. The van der Waals surface area contributed by atoms with E-state index in [0.717, 1.165) is 30.4 Å². The lowest BCUT2D eigenvalue weighted by atomic mass is 9.97. The molecule has 0 saturated heterocycles. The molecular formula is C21H30N2O4. The molecule has 1 aromatic rings. The van der Waals surface area contributed by atoms with E-state index in [2.05, 4.69) is 16.7 Å². The second-order valence-corrected chi connectivity index (χ2v) is 6.82. The number of aliphatic hydroxyl groups is 1. The van der Waals surface area contributed by atoms with Crippen molar-refractivity contribution in [2.45, 2.75) is 45.1 Å². The van der Waals surface area contributed by atoms with E-state index in [4.69, 9.17) is 9.84 Å². The number of hydrogen-bond donors (Lipinski definition) is 3. The smallest absolute Gasteiger partial charge is 0.309 e. The number of rotatable bonds is 9. The van der Waals surface area contributed by atoms with Gasteiger partial charge in [-0.05, 0) is 44.6 Å². The molecule has 0 saturated carbocycles. The third-order valence-electron chi connectivity index (χ3n) is 4.63. The van der Waals surface area contributed by atoms with Gasteiger partial charge < -0.3 is 20.5 Å². The topological polar surface area (TPSA) is 87.7 Å². The summed E-state index contributed by atoms with van der Waals surface area (Å²) in [4.78, 5) is 24.0. The van der Waals surface area contributed by atoms with Crippen molar-refractivity contribution in [3.05, 3.63) is 47.0 Å². The zero-order valence-electron chi connectivity index (χ0n) is 16.0. The van der Waals surface area contributed by atoms with Gasteiger partial charge in [-0.2, -0.15) is 0 Å². The predicted octanol–water partition coefficient (Wildman–Crippen LogP) is 2.17. The van der Waals surface area contributed by atoms with Gasteiger partial charge in [0.1, 0.15) is 0 Å². The number of allylic oxidation sites excluding steroid dienone is 1. The van der Waals surface area contributed by atoms with Gasteiger partial charge in [0.15, 0.2) is 0 Å². The number of hydrogen-bond acceptors (Lipinski definition) is 4. The maximum Gasteiger partial charge on any atom is 0.309 e. The summed E-state index contributed by atoms with van der Waals surface area (Å²) in [6.07, 6.45) is 7.25. The number of carbonyl (C=O) groups excluding carboxylic acids is 2. The first-order chi connectivity index (χ1) is 13.1. The van der Waals surface area contributed by atoms with E-state index in [1.165, 1.54) is 18.4 Å². The van der Waals surface area contributed by atoms with Crippen LogP contribution in [0.3, 0.4) is 0 Å². The molecular weight excluding hydrogens is 344 g/mol. The third-order valence-corrected chi connectivity index (χ3v) is 4.63. The normalized spacial score (nSPS) is 15.0. The van der Waals surface area contributed by atoms with E-state index in [1.54, 1.807) is 0 Å². The van der Waals surface area contributed by atoms with Crippen LogP contribution < -0.4 is 10.6 Å². The molecule has 1 atom stereocenters. The van der Waals surface area contributed by atoms with Crippen LogP contribution in [-0.2, 0) is 14.3 Å². The maximum atomic E-state index is 12.0. The summed E-state index contributed by atoms with van der Waals surface area (Å²) < 4.78 is 5.60. The van der Waals surface area contributed by atoms with Gasteiger partial charge in [0.05, 0.1) is 19.3 Å². The minimum atomic E-state index is -0.669. The first-order valence-corrected chi connectivity index (χ1v) is 9.63. The number of nitrogens with one attached hydrogen (secondary N) is 2. The highest BCUT2D eigenvalue weighted by molar-refractivity contribution is 6.35. The summed E-state index contributed by atoms with van der Waals surface area (Å²) in [5, 5.41) is 14.3. The highest BCUT2D eigenvalue weighted by atomic mass is 16.5. The summed E-state index contributed by atoms with van der Waals surface area (Å²) in [5.41, 5.74) is 3.37. The van der Waals surface area contributed by atoms with E-state index in [9.17, 15) is 9.59 Å². The number of amides is 2. The summed E-state index contributed by atoms with van der Waals surface area (Å²) in [7, 11) is 0. The monoisotopic (exact) mass is 374 g/mol. The molecule has 3 N–H and O–H groups in total. The minimum absolute atomic E-state index is 0.105. The van der Waals surface area contributed by atoms with Gasteiger partial charge in [0, 0.05) is 13.1 Å². The maximum absolute atomic E-state index is 12.0. The lowest BCUT2D eigenvalue weighted by molar-refractivity contribution is -0.139. The zero-order valence-corrected chi connectivity index (χ0v) is 16.0. The van der Waals surface area contributed by atoms with E-state index in [1.807, 2.05) is 31.2 Å². The molecule has 2 amide bonds. The molecule has 0 aliphatic heterocycles. The number of aryl methyl sites for hydroxylation is 1. The summed E-state index contributed by atoms with van der Waals surface area (Å²) in [5.74, 6) is -1.30. The molecule has 6 heteroatoms. The molecule has 148 valence electrons. The van der Waals surface area contributed by atoms with Gasteiger partial charge in [0.2, 0.25) is 0 Å². The van der Waals surface area contributed by atoms with Crippen LogP contribution in [0.4, 0.5) is 0 Å². The van der Waals surface area contributed by atoms with Crippen molar-refractivity contribution in [2.24, 2.45) is 0 Å². The molecule has 0 radical (unpaired) electrons. The Morgan fingerprint density at radius 3 is 2.56 bits per heavy atom. The molecule has 0 bridgehead atoms. The highest BCUT2D eigenvalue weighted by Gasteiger charge is 2.17. The summed E-state index contributed by atoms with van der Waals surface area (Å²) >= 11 is 0. The summed E-state index contributed by atoms with van der Waals surface area (Å²) in [6.45, 7) is 2.69. The van der Waals surface area contributed by atoms with Crippen LogP contribution in [0.2, 0.25) is 0 Å². The van der Waals surface area contributed by atoms with E-state index in [-0.39, 0.29) is 19.8 Å². The van der Waals surface area contributed by atoms with Gasteiger partial charge in [-0.1, -0.05) is 41.5 Å². The third kappa shape index (κ3) is 7.53. The van der Waals surface area contributed by atoms with Crippen LogP contribution in [-0.4, -0.2) is 43.2 Å². The average Bonchev–Trinajstić information content (AvgIpc) is 2.69. The summed E-state index contributed by atoms with van der Waals surface area (Å²) in [6, 6.07) is 7.75. The highest BCUT2D eigenvalue weighted by Crippen LogP contribution is 2.19. The lowest BCUT2D eigenvalue weighted by Gasteiger charge is -2.19. The minimum Gasteiger partial charge on any atom is -0.394 e. The zero-order chi connectivity index (χ0) is 19.5. The Hall–Kier alpha value is -2.18. The van der Waals surface area contributed by atoms with Crippen LogP contribution in [0, 0.1) is 6.92 Å². The molecule has 1 aliphatic rings. The van der Waals surface area contributed by atoms with Gasteiger partial charge >= 0.3 is 11.8 Å². The number of carbonyl (C=O) groups is 2. The van der Waals surface area contributed by atoms with E-state index in [0.29, 0.717) is 6.54 Å². The molecule has 6 nitrogen and oxygen atoms in total. The average molecular weight is 374 g/mol. The van der Waals surface area contributed by atoms with Gasteiger partial charge in [-0.15, -0.1) is 0 Å². The van der Waals surface area contributed by atoms with Gasteiger partial charge in [-0.3, -0.25) is 9.59 Å². The van der Waals surface area contributed by atoms with Gasteiger partial charge in [-0.25, -0.2) is 0 Å². The van der Waals surface area contributed by atoms with Gasteiger partial charge in [0.25, 0.3) is 0 Å². The number of ether oxygens (including phenoxy) is 1. The Morgan fingerprint density at radius 1 is 1.15 bits per heavy atom. The second-order valence-electron chi connectivity index (χ2n) is 6.82. The largest absolute Gasteiger partial charge is 0.394 e. The van der Waals surface area contributed by atoms with Crippen LogP contribution in [0.25, 0.3) is 0 Å². The first-order valence-electron chi connectivity index (χ1n) is 9.63. The van der Waals surface area contributed by atoms with Crippen molar-refractivity contribution < 1.29 is 19.4 Å². The molecule has 27 heavy (non-hydrogen) atoms. The molecule has 1 aliphatic carbocycles. The molecule has 0 aromatic heterocycles. The first kappa shape index (κ1) is 21.1. The van der Waals surface area contributed by atoms with Crippen molar-refractivity contribution in [1.82, 2.24) is 10.6 Å². The van der Waals surface area contributed by atoms with E-state index < -0.39 is 17.9 Å². The standard InChI is InChI=1S/C21H30N2O4/c1-16-7-9-18(10-8-16)19(27-14-13-24)15-23-21(26)20(25)22-12-11-17-5-3-2-4-6-17/h5,7-10,19,24H,2-4,6,11-15H2,1H3,(H,22,25)(H,23,26). The molecule has 1 unspecified atom stereocenters. The fraction of sp³-hybridized carbons (Fsp3) is 0.524. The van der Waals surface area contributed by atoms with E-state index >= 15 is 0 Å². The quantitative estimate of drug-likeness (QED) is 0.457. The molecule has 2 rings (SSSR count). The van der Waals surface area contributed by atoms with Crippen LogP contribution in [0.1, 0.15) is 49.3 Å². The second kappa shape index (κ2) is 11.5. The predicted molar refractivity (Wildman–Crippen MR) is 104 cm³/mol. The fourth-order valence-electron chi connectivity index (χ4n) is 3.06. The Morgan fingerprint density at radius 2 is 1.89 bits per heavy atom. The molecule has 0 heterocycles. The van der Waals surface area contributed by atoms with Crippen molar-refractivity contribution in [3.8, 4) is 0 Å². The Kier molecular flexibility index (Phi) is 9.01. The Balaban J connectivity index is 1.78. The number of aliphatic hydroxyl groups excluding tert-OH is 1. The number of benzene rings is 1. The van der Waals surface area contributed by atoms with Crippen LogP contribution in [0.5, 0.6) is 0 Å². The van der Waals surface area contributed by atoms with Crippen LogP contribution >= 0.6 is 0 Å². The SMILES string of the molecule is Cc1ccc(C(CNC(=O)C(=O)NCCC2=CCCCC2)OCCO)cc1. The van der Waals surface area contributed by atoms with Crippen molar-refractivity contribution in [1.29, 1.82) is 0 Å². The van der Waals surface area contributed by atoms with Crippen molar-refractivity contribution >= 4 is 11.8 Å². The molecule has 0 fully saturated rings. The van der Waals surface area contributed by atoms with Crippen molar-refractivity contribution in [3.63, 3.8) is 0 Å². The van der Waals surface area contributed by atoms with Crippen LogP contribution in [0.15, 0.2) is 35.9 Å².